The van der Waals surface area contributed by atoms with Crippen LogP contribution in [0.3, 0.4) is 0 Å². The van der Waals surface area contributed by atoms with E-state index in [0.717, 1.165) is 19.3 Å². The van der Waals surface area contributed by atoms with E-state index in [2.05, 4.69) is 5.32 Å². The maximum Gasteiger partial charge on any atom is 0.252 e. The van der Waals surface area contributed by atoms with E-state index in [0.29, 0.717) is 13.2 Å². The van der Waals surface area contributed by atoms with Crippen LogP contribution in [0.25, 0.3) is 0 Å². The molecule has 1 aliphatic rings. The zero-order valence-electron chi connectivity index (χ0n) is 9.93. The van der Waals surface area contributed by atoms with E-state index in [9.17, 15) is 4.79 Å². The Morgan fingerprint density at radius 1 is 1.60 bits per heavy atom. The molecule has 1 saturated heterocycles. The van der Waals surface area contributed by atoms with Crippen LogP contribution >= 0.6 is 0 Å². The van der Waals surface area contributed by atoms with Gasteiger partial charge in [-0.2, -0.15) is 0 Å². The van der Waals surface area contributed by atoms with Gasteiger partial charge < -0.3 is 15.8 Å². The molecule has 0 aromatic rings. The molecule has 1 aliphatic heterocycles. The molecule has 0 saturated carbocycles. The van der Waals surface area contributed by atoms with Gasteiger partial charge in [-0.25, -0.2) is 0 Å². The van der Waals surface area contributed by atoms with Crippen molar-refractivity contribution >= 4 is 5.91 Å². The highest BCUT2D eigenvalue weighted by Crippen LogP contribution is 2.26. The van der Waals surface area contributed by atoms with E-state index in [4.69, 9.17) is 10.5 Å². The summed E-state index contributed by atoms with van der Waals surface area (Å²) in [7, 11) is 0. The number of nitrogens with one attached hydrogen (secondary N) is 1. The standard InChI is InChI=1S/C11H22N2O2/c1-10(2,6-7-12)13-9(14)11(3)5-4-8-15-11/h4-8,12H2,1-3H3,(H,13,14). The van der Waals surface area contributed by atoms with Gasteiger partial charge in [0.1, 0.15) is 5.60 Å². The molecule has 4 heteroatoms. The van der Waals surface area contributed by atoms with E-state index < -0.39 is 5.60 Å². The van der Waals surface area contributed by atoms with Crippen LogP contribution in [-0.4, -0.2) is 30.2 Å². The number of amides is 1. The number of hydrogen-bond acceptors (Lipinski definition) is 3. The van der Waals surface area contributed by atoms with Crippen LogP contribution in [0.15, 0.2) is 0 Å². The molecule has 0 bridgehead atoms. The first-order chi connectivity index (χ1) is 6.90. The van der Waals surface area contributed by atoms with Gasteiger partial charge in [0.05, 0.1) is 0 Å². The first kappa shape index (κ1) is 12.5. The minimum absolute atomic E-state index is 0.0153. The van der Waals surface area contributed by atoms with Crippen LogP contribution in [0.4, 0.5) is 0 Å². The zero-order valence-corrected chi connectivity index (χ0v) is 9.93. The second-order valence-corrected chi connectivity index (χ2v) is 5.06. The molecule has 0 radical (unpaired) electrons. The van der Waals surface area contributed by atoms with Crippen molar-refractivity contribution in [1.29, 1.82) is 0 Å². The monoisotopic (exact) mass is 214 g/mol. The van der Waals surface area contributed by atoms with Gasteiger partial charge in [-0.3, -0.25) is 4.79 Å². The van der Waals surface area contributed by atoms with Gasteiger partial charge in [0.15, 0.2) is 0 Å². The molecule has 0 aromatic carbocycles. The lowest BCUT2D eigenvalue weighted by molar-refractivity contribution is -0.141. The highest BCUT2D eigenvalue weighted by Gasteiger charge is 2.39. The fraction of sp³-hybridized carbons (Fsp3) is 0.909. The molecule has 3 N–H and O–H groups in total. The van der Waals surface area contributed by atoms with Gasteiger partial charge >= 0.3 is 0 Å². The Hall–Kier alpha value is -0.610. The Labute approximate surface area is 91.5 Å². The highest BCUT2D eigenvalue weighted by molar-refractivity contribution is 5.85. The lowest BCUT2D eigenvalue weighted by atomic mass is 9.96. The summed E-state index contributed by atoms with van der Waals surface area (Å²) in [5.41, 5.74) is 4.61. The molecular weight excluding hydrogens is 192 g/mol. The molecular formula is C11H22N2O2. The Kier molecular flexibility index (Phi) is 3.73. The summed E-state index contributed by atoms with van der Waals surface area (Å²) in [4.78, 5) is 12.0. The molecule has 1 atom stereocenters. The Morgan fingerprint density at radius 2 is 2.27 bits per heavy atom. The topological polar surface area (TPSA) is 64.3 Å². The van der Waals surface area contributed by atoms with Crippen molar-refractivity contribution in [2.24, 2.45) is 5.73 Å². The maximum absolute atomic E-state index is 12.0. The van der Waals surface area contributed by atoms with Crippen LogP contribution in [0.5, 0.6) is 0 Å². The summed E-state index contributed by atoms with van der Waals surface area (Å²) in [6, 6.07) is 0. The molecule has 0 aromatic heterocycles. The van der Waals surface area contributed by atoms with Crippen LogP contribution in [0.2, 0.25) is 0 Å². The van der Waals surface area contributed by atoms with Gasteiger partial charge in [-0.1, -0.05) is 0 Å². The van der Waals surface area contributed by atoms with Crippen LogP contribution < -0.4 is 11.1 Å². The molecule has 88 valence electrons. The predicted octanol–water partition coefficient (Wildman–Crippen LogP) is 0.799. The minimum Gasteiger partial charge on any atom is -0.365 e. The summed E-state index contributed by atoms with van der Waals surface area (Å²) < 4.78 is 5.48. The highest BCUT2D eigenvalue weighted by atomic mass is 16.5. The normalized spacial score (nSPS) is 26.7. The predicted molar refractivity (Wildman–Crippen MR) is 59.5 cm³/mol. The Morgan fingerprint density at radius 3 is 2.73 bits per heavy atom. The fourth-order valence-electron chi connectivity index (χ4n) is 1.82. The third-order valence-electron chi connectivity index (χ3n) is 2.92. The van der Waals surface area contributed by atoms with Crippen LogP contribution in [0.1, 0.15) is 40.0 Å². The number of nitrogens with two attached hydrogens (primary N) is 1. The van der Waals surface area contributed by atoms with Crippen LogP contribution in [-0.2, 0) is 9.53 Å². The lowest BCUT2D eigenvalue weighted by Crippen LogP contribution is -2.53. The quantitative estimate of drug-likeness (QED) is 0.727. The third-order valence-corrected chi connectivity index (χ3v) is 2.92. The number of rotatable bonds is 4. The smallest absolute Gasteiger partial charge is 0.252 e. The second kappa shape index (κ2) is 4.49. The first-order valence-corrected chi connectivity index (χ1v) is 5.56. The van der Waals surface area contributed by atoms with Crippen molar-refractivity contribution in [3.05, 3.63) is 0 Å². The first-order valence-electron chi connectivity index (χ1n) is 5.56. The van der Waals surface area contributed by atoms with Gasteiger partial charge in [0.25, 0.3) is 5.91 Å². The molecule has 1 amide bonds. The van der Waals surface area contributed by atoms with Gasteiger partial charge in [-0.05, 0) is 46.6 Å². The molecule has 1 rings (SSSR count). The van der Waals surface area contributed by atoms with Crippen molar-refractivity contribution in [3.63, 3.8) is 0 Å². The molecule has 15 heavy (non-hydrogen) atoms. The van der Waals surface area contributed by atoms with Crippen LogP contribution in [0, 0.1) is 0 Å². The molecule has 0 spiro atoms. The van der Waals surface area contributed by atoms with E-state index in [1.165, 1.54) is 0 Å². The molecule has 0 aliphatic carbocycles. The summed E-state index contributed by atoms with van der Waals surface area (Å²) in [6.07, 6.45) is 2.54. The van der Waals surface area contributed by atoms with Gasteiger partial charge in [0.2, 0.25) is 0 Å². The number of ether oxygens (including phenoxy) is 1. The molecule has 1 fully saturated rings. The van der Waals surface area contributed by atoms with Gasteiger partial charge in [-0.15, -0.1) is 0 Å². The minimum atomic E-state index is -0.633. The van der Waals surface area contributed by atoms with Crippen molar-refractivity contribution in [2.75, 3.05) is 13.2 Å². The summed E-state index contributed by atoms with van der Waals surface area (Å²) in [5.74, 6) is -0.0153. The molecule has 1 heterocycles. The van der Waals surface area contributed by atoms with Crippen molar-refractivity contribution in [2.45, 2.75) is 51.2 Å². The average Bonchev–Trinajstić information content (AvgIpc) is 2.52. The number of hydrogen-bond donors (Lipinski definition) is 2. The van der Waals surface area contributed by atoms with Crippen molar-refractivity contribution in [3.8, 4) is 0 Å². The van der Waals surface area contributed by atoms with Crippen molar-refractivity contribution in [1.82, 2.24) is 5.32 Å². The van der Waals surface area contributed by atoms with E-state index in [1.54, 1.807) is 0 Å². The Balaban J connectivity index is 2.54. The summed E-state index contributed by atoms with van der Waals surface area (Å²) in [6.45, 7) is 7.08. The number of carbonyl (C=O) groups excluding carboxylic acids is 1. The van der Waals surface area contributed by atoms with E-state index in [-0.39, 0.29) is 11.4 Å². The maximum atomic E-state index is 12.0. The molecule has 4 nitrogen and oxygen atoms in total. The third kappa shape index (κ3) is 3.18. The SMILES string of the molecule is CC(C)(CCN)NC(=O)C1(C)CCCO1. The zero-order chi connectivity index (χ0) is 11.5. The van der Waals surface area contributed by atoms with Gasteiger partial charge in [0, 0.05) is 12.1 Å². The summed E-state index contributed by atoms with van der Waals surface area (Å²) >= 11 is 0. The lowest BCUT2D eigenvalue weighted by Gasteiger charge is -2.31. The number of carbonyl (C=O) groups is 1. The van der Waals surface area contributed by atoms with E-state index in [1.807, 2.05) is 20.8 Å². The summed E-state index contributed by atoms with van der Waals surface area (Å²) in [5, 5.41) is 3.00. The fourth-order valence-corrected chi connectivity index (χ4v) is 1.82. The second-order valence-electron chi connectivity index (χ2n) is 5.06. The largest absolute Gasteiger partial charge is 0.365 e. The molecule has 1 unspecified atom stereocenters. The van der Waals surface area contributed by atoms with E-state index >= 15 is 0 Å². The Bertz CT molecular complexity index is 233. The van der Waals surface area contributed by atoms with Crippen molar-refractivity contribution < 1.29 is 9.53 Å². The average molecular weight is 214 g/mol.